The van der Waals surface area contributed by atoms with Gasteiger partial charge >= 0.3 is 6.03 Å². The van der Waals surface area contributed by atoms with Gasteiger partial charge in [0.25, 0.3) is 0 Å². The minimum atomic E-state index is -0.242. The van der Waals surface area contributed by atoms with Gasteiger partial charge in [0.15, 0.2) is 0 Å². The fourth-order valence-corrected chi connectivity index (χ4v) is 2.23. The van der Waals surface area contributed by atoms with Crippen LogP contribution >= 0.6 is 0 Å². The highest BCUT2D eigenvalue weighted by Gasteiger charge is 2.02. The van der Waals surface area contributed by atoms with Gasteiger partial charge in [-0.15, -0.1) is 0 Å². The Labute approximate surface area is 136 Å². The molecule has 0 saturated carbocycles. The van der Waals surface area contributed by atoms with Crippen molar-refractivity contribution < 1.29 is 14.3 Å². The van der Waals surface area contributed by atoms with E-state index in [1.54, 1.807) is 7.11 Å². The summed E-state index contributed by atoms with van der Waals surface area (Å²) in [7, 11) is 1.62. The summed E-state index contributed by atoms with van der Waals surface area (Å²) in [6.07, 6.45) is 0. The lowest BCUT2D eigenvalue weighted by molar-refractivity contribution is 0.247. The number of rotatable bonds is 6. The third kappa shape index (κ3) is 5.54. The lowest BCUT2D eigenvalue weighted by atomic mass is 10.1. The Kier molecular flexibility index (Phi) is 5.86. The molecule has 5 nitrogen and oxygen atoms in total. The van der Waals surface area contributed by atoms with Crippen LogP contribution < -0.4 is 20.1 Å². The van der Waals surface area contributed by atoms with Gasteiger partial charge in [-0.05, 0) is 61.4 Å². The number of amides is 2. The molecule has 0 radical (unpaired) electrons. The number of nitrogens with one attached hydrogen (secondary N) is 2. The van der Waals surface area contributed by atoms with Crippen molar-refractivity contribution in [3.63, 3.8) is 0 Å². The van der Waals surface area contributed by atoms with Gasteiger partial charge in [-0.1, -0.05) is 6.07 Å². The number of methoxy groups -OCH3 is 1. The van der Waals surface area contributed by atoms with Gasteiger partial charge in [0, 0.05) is 5.69 Å². The molecule has 2 aromatic rings. The first kappa shape index (κ1) is 16.7. The molecule has 2 aromatic carbocycles. The minimum absolute atomic E-state index is 0.242. The minimum Gasteiger partial charge on any atom is -0.497 e. The highest BCUT2D eigenvalue weighted by molar-refractivity contribution is 5.89. The van der Waals surface area contributed by atoms with Crippen LogP contribution in [0.3, 0.4) is 0 Å². The van der Waals surface area contributed by atoms with Crippen LogP contribution in [0.15, 0.2) is 42.5 Å². The van der Waals surface area contributed by atoms with Crippen molar-refractivity contribution in [1.82, 2.24) is 5.32 Å². The highest BCUT2D eigenvalue weighted by Crippen LogP contribution is 2.16. The first-order valence-corrected chi connectivity index (χ1v) is 7.47. The van der Waals surface area contributed by atoms with E-state index < -0.39 is 0 Å². The number of carbonyl (C=O) groups excluding carboxylic acids is 1. The number of hydrogen-bond acceptors (Lipinski definition) is 3. The molecule has 0 bridgehead atoms. The third-order valence-electron chi connectivity index (χ3n) is 3.20. The Morgan fingerprint density at radius 2 is 1.61 bits per heavy atom. The number of ether oxygens (including phenoxy) is 2. The van der Waals surface area contributed by atoms with E-state index in [2.05, 4.69) is 16.7 Å². The topological polar surface area (TPSA) is 59.6 Å². The van der Waals surface area contributed by atoms with Crippen molar-refractivity contribution in [2.45, 2.75) is 13.8 Å². The summed E-state index contributed by atoms with van der Waals surface area (Å²) in [6, 6.07) is 13.0. The molecule has 0 aromatic heterocycles. The van der Waals surface area contributed by atoms with Crippen LogP contribution in [0.4, 0.5) is 10.5 Å². The van der Waals surface area contributed by atoms with Crippen molar-refractivity contribution >= 4 is 11.7 Å². The van der Waals surface area contributed by atoms with E-state index in [4.69, 9.17) is 9.47 Å². The van der Waals surface area contributed by atoms with Crippen LogP contribution in [0.1, 0.15) is 11.1 Å². The molecule has 23 heavy (non-hydrogen) atoms. The van der Waals surface area contributed by atoms with E-state index in [1.165, 1.54) is 0 Å². The first-order valence-electron chi connectivity index (χ1n) is 7.47. The van der Waals surface area contributed by atoms with Crippen molar-refractivity contribution in [3.8, 4) is 11.5 Å². The molecule has 0 aliphatic rings. The van der Waals surface area contributed by atoms with Crippen LogP contribution in [-0.2, 0) is 0 Å². The lowest BCUT2D eigenvalue weighted by Crippen LogP contribution is -2.32. The zero-order chi connectivity index (χ0) is 16.7. The highest BCUT2D eigenvalue weighted by atomic mass is 16.5. The maximum atomic E-state index is 11.8. The molecule has 122 valence electrons. The summed E-state index contributed by atoms with van der Waals surface area (Å²) in [6.45, 7) is 4.81. The van der Waals surface area contributed by atoms with E-state index in [9.17, 15) is 4.79 Å². The second kappa shape index (κ2) is 8.08. The van der Waals surface area contributed by atoms with Gasteiger partial charge < -0.3 is 20.1 Å². The normalized spacial score (nSPS) is 10.0. The van der Waals surface area contributed by atoms with Gasteiger partial charge in [-0.25, -0.2) is 4.79 Å². The third-order valence-corrected chi connectivity index (χ3v) is 3.20. The molecule has 0 aliphatic heterocycles. The van der Waals surface area contributed by atoms with Gasteiger partial charge in [0.1, 0.15) is 18.1 Å². The first-order chi connectivity index (χ1) is 11.1. The predicted molar refractivity (Wildman–Crippen MR) is 91.4 cm³/mol. The summed E-state index contributed by atoms with van der Waals surface area (Å²) >= 11 is 0. The van der Waals surface area contributed by atoms with Crippen molar-refractivity contribution in [3.05, 3.63) is 53.6 Å². The van der Waals surface area contributed by atoms with Crippen molar-refractivity contribution in [2.75, 3.05) is 25.6 Å². The average molecular weight is 314 g/mol. The molecule has 0 aliphatic carbocycles. The van der Waals surface area contributed by atoms with Crippen LogP contribution in [0.25, 0.3) is 0 Å². The molecular formula is C18H22N2O3. The van der Waals surface area contributed by atoms with E-state index in [0.717, 1.165) is 28.3 Å². The number of carbonyl (C=O) groups is 1. The van der Waals surface area contributed by atoms with E-state index in [-0.39, 0.29) is 6.03 Å². The largest absolute Gasteiger partial charge is 0.497 e. The van der Waals surface area contributed by atoms with Crippen molar-refractivity contribution in [1.29, 1.82) is 0 Å². The summed E-state index contributed by atoms with van der Waals surface area (Å²) in [4.78, 5) is 11.8. The molecule has 0 saturated heterocycles. The smallest absolute Gasteiger partial charge is 0.319 e. The molecule has 2 rings (SSSR count). The second-order valence-electron chi connectivity index (χ2n) is 5.28. The maximum absolute atomic E-state index is 11.8. The van der Waals surface area contributed by atoms with Gasteiger partial charge in [-0.3, -0.25) is 0 Å². The molecule has 0 atom stereocenters. The van der Waals surface area contributed by atoms with Gasteiger partial charge in [0.05, 0.1) is 13.7 Å². The summed E-state index contributed by atoms with van der Waals surface area (Å²) in [5.41, 5.74) is 3.02. The molecule has 0 spiro atoms. The summed E-state index contributed by atoms with van der Waals surface area (Å²) in [5.74, 6) is 1.52. The summed E-state index contributed by atoms with van der Waals surface area (Å²) < 4.78 is 10.6. The second-order valence-corrected chi connectivity index (χ2v) is 5.28. The van der Waals surface area contributed by atoms with E-state index >= 15 is 0 Å². The summed E-state index contributed by atoms with van der Waals surface area (Å²) in [5, 5.41) is 5.58. The van der Waals surface area contributed by atoms with Crippen LogP contribution in [-0.4, -0.2) is 26.3 Å². The van der Waals surface area contributed by atoms with Crippen LogP contribution in [0.5, 0.6) is 11.5 Å². The molecule has 2 amide bonds. The molecular weight excluding hydrogens is 292 g/mol. The quantitative estimate of drug-likeness (QED) is 0.802. The van der Waals surface area contributed by atoms with Gasteiger partial charge in [0.2, 0.25) is 0 Å². The Balaban J connectivity index is 1.71. The number of benzene rings is 2. The molecule has 0 unspecified atom stereocenters. The Morgan fingerprint density at radius 1 is 1.00 bits per heavy atom. The Bertz CT molecular complexity index is 634. The lowest BCUT2D eigenvalue weighted by Gasteiger charge is -2.10. The molecule has 0 heterocycles. The SMILES string of the molecule is COc1ccc(OCCNC(=O)Nc2cc(C)cc(C)c2)cc1. The fraction of sp³-hybridized carbons (Fsp3) is 0.278. The van der Waals surface area contributed by atoms with Crippen LogP contribution in [0.2, 0.25) is 0 Å². The van der Waals surface area contributed by atoms with Crippen LogP contribution in [0, 0.1) is 13.8 Å². The number of anilines is 1. The monoisotopic (exact) mass is 314 g/mol. The fourth-order valence-electron chi connectivity index (χ4n) is 2.23. The Morgan fingerprint density at radius 3 is 2.22 bits per heavy atom. The molecule has 2 N–H and O–H groups in total. The van der Waals surface area contributed by atoms with Crippen molar-refractivity contribution in [2.24, 2.45) is 0 Å². The number of urea groups is 1. The molecule has 0 fully saturated rings. The predicted octanol–water partition coefficient (Wildman–Crippen LogP) is 3.51. The zero-order valence-electron chi connectivity index (χ0n) is 13.7. The van der Waals surface area contributed by atoms with Gasteiger partial charge in [-0.2, -0.15) is 0 Å². The average Bonchev–Trinajstić information content (AvgIpc) is 2.51. The number of hydrogen-bond donors (Lipinski definition) is 2. The Hall–Kier alpha value is -2.69. The standard InChI is InChI=1S/C18H22N2O3/c1-13-10-14(2)12-15(11-13)20-18(21)19-8-9-23-17-6-4-16(22-3)5-7-17/h4-7,10-12H,8-9H2,1-3H3,(H2,19,20,21). The van der Waals surface area contributed by atoms with E-state index in [0.29, 0.717) is 13.2 Å². The maximum Gasteiger partial charge on any atom is 0.319 e. The number of aryl methyl sites for hydroxylation is 2. The van der Waals surface area contributed by atoms with E-state index in [1.807, 2.05) is 50.2 Å². The zero-order valence-corrected chi connectivity index (χ0v) is 13.7. The molecule has 5 heteroatoms.